The van der Waals surface area contributed by atoms with Crippen LogP contribution in [0.5, 0.6) is 0 Å². The normalized spacial score (nSPS) is 12.9. The molecule has 1 unspecified atom stereocenters. The summed E-state index contributed by atoms with van der Waals surface area (Å²) in [4.78, 5) is 10.0. The largest absolute Gasteiger partial charge is 0.392 e. The fourth-order valence-electron chi connectivity index (χ4n) is 1.64. The van der Waals surface area contributed by atoms with Crippen LogP contribution in [0, 0.1) is 20.8 Å². The second kappa shape index (κ2) is 5.25. The van der Waals surface area contributed by atoms with Crippen molar-refractivity contribution in [1.29, 1.82) is 0 Å². The molecule has 2 aromatic heterocycles. The van der Waals surface area contributed by atoms with Gasteiger partial charge in [0.25, 0.3) is 0 Å². The molecule has 0 fully saturated rings. The average Bonchev–Trinajstić information content (AvgIpc) is 2.75. The number of thiazole rings is 2. The summed E-state index contributed by atoms with van der Waals surface area (Å²) in [7, 11) is 0. The third-order valence-electron chi connectivity index (χ3n) is 2.59. The molecule has 1 atom stereocenters. The van der Waals surface area contributed by atoms with Crippen molar-refractivity contribution in [3.63, 3.8) is 0 Å². The van der Waals surface area contributed by atoms with Crippen LogP contribution in [0.15, 0.2) is 5.38 Å². The fraction of sp³-hybridized carbons (Fsp3) is 0.500. The van der Waals surface area contributed by atoms with Gasteiger partial charge in [0.05, 0.1) is 27.5 Å². The third kappa shape index (κ3) is 3.34. The summed E-state index contributed by atoms with van der Waals surface area (Å²) in [5, 5.41) is 14.1. The molecule has 2 aromatic rings. The van der Waals surface area contributed by atoms with Crippen molar-refractivity contribution < 1.29 is 5.11 Å². The van der Waals surface area contributed by atoms with Crippen molar-refractivity contribution in [2.75, 3.05) is 0 Å². The van der Waals surface area contributed by atoms with Crippen LogP contribution in [0.25, 0.3) is 0 Å². The second-order valence-corrected chi connectivity index (χ2v) is 6.52. The van der Waals surface area contributed by atoms with E-state index in [2.05, 4.69) is 16.9 Å². The van der Waals surface area contributed by atoms with Gasteiger partial charge in [0, 0.05) is 23.1 Å². The van der Waals surface area contributed by atoms with Gasteiger partial charge in [0.15, 0.2) is 0 Å². The molecule has 0 bridgehead atoms. The Morgan fingerprint density at radius 2 is 2.00 bits per heavy atom. The van der Waals surface area contributed by atoms with E-state index in [9.17, 15) is 5.11 Å². The van der Waals surface area contributed by atoms with Gasteiger partial charge in [0.1, 0.15) is 0 Å². The molecular weight excluding hydrogens is 252 g/mol. The molecule has 17 heavy (non-hydrogen) atoms. The smallest absolute Gasteiger partial charge is 0.0956 e. The van der Waals surface area contributed by atoms with Crippen LogP contribution in [0.2, 0.25) is 0 Å². The van der Waals surface area contributed by atoms with E-state index >= 15 is 0 Å². The van der Waals surface area contributed by atoms with Crippen LogP contribution in [0.4, 0.5) is 0 Å². The first-order valence-electron chi connectivity index (χ1n) is 5.56. The molecule has 5 heteroatoms. The molecule has 0 saturated carbocycles. The van der Waals surface area contributed by atoms with E-state index in [-0.39, 0.29) is 6.10 Å². The van der Waals surface area contributed by atoms with Crippen molar-refractivity contribution >= 4 is 22.7 Å². The minimum absolute atomic E-state index is 0.388. The maximum absolute atomic E-state index is 10.00. The number of aliphatic hydroxyl groups excluding tert-OH is 1. The summed E-state index contributed by atoms with van der Waals surface area (Å²) >= 11 is 3.29. The zero-order valence-corrected chi connectivity index (χ0v) is 11.9. The Hall–Kier alpha value is -0.780. The summed E-state index contributed by atoms with van der Waals surface area (Å²) in [6.45, 7) is 6.05. The average molecular weight is 268 g/mol. The SMILES string of the molecule is Cc1nc(CC(O)Cc2nc(C)c(C)s2)cs1. The number of aromatic nitrogens is 2. The fourth-order valence-corrected chi connectivity index (χ4v) is 3.27. The quantitative estimate of drug-likeness (QED) is 0.927. The summed E-state index contributed by atoms with van der Waals surface area (Å²) in [5.41, 5.74) is 2.05. The number of aryl methyl sites for hydroxylation is 3. The molecule has 0 spiro atoms. The standard InChI is InChI=1S/C12H16N2OS2/c1-7-8(2)17-12(13-7)5-11(15)4-10-6-16-9(3)14-10/h6,11,15H,4-5H2,1-3H3. The topological polar surface area (TPSA) is 46.0 Å². The van der Waals surface area contributed by atoms with Crippen molar-refractivity contribution in [2.24, 2.45) is 0 Å². The maximum Gasteiger partial charge on any atom is 0.0956 e. The minimum atomic E-state index is -0.388. The minimum Gasteiger partial charge on any atom is -0.392 e. The maximum atomic E-state index is 10.00. The Kier molecular flexibility index (Phi) is 3.91. The molecular formula is C12H16N2OS2. The van der Waals surface area contributed by atoms with E-state index in [4.69, 9.17) is 0 Å². The summed E-state index contributed by atoms with van der Waals surface area (Å²) in [6.07, 6.45) is 0.847. The molecule has 0 aliphatic rings. The zero-order valence-electron chi connectivity index (χ0n) is 10.2. The van der Waals surface area contributed by atoms with E-state index in [1.165, 1.54) is 4.88 Å². The molecule has 0 aliphatic heterocycles. The first kappa shape index (κ1) is 12.7. The Bertz CT molecular complexity index is 485. The lowest BCUT2D eigenvalue weighted by molar-refractivity contribution is 0.174. The molecule has 1 N–H and O–H groups in total. The first-order valence-corrected chi connectivity index (χ1v) is 7.26. The highest BCUT2D eigenvalue weighted by Gasteiger charge is 2.12. The van der Waals surface area contributed by atoms with Gasteiger partial charge >= 0.3 is 0 Å². The van der Waals surface area contributed by atoms with E-state index in [0.717, 1.165) is 21.4 Å². The molecule has 0 saturated heterocycles. The van der Waals surface area contributed by atoms with Crippen LogP contribution >= 0.6 is 22.7 Å². The molecule has 0 radical (unpaired) electrons. The van der Waals surface area contributed by atoms with E-state index in [1.54, 1.807) is 22.7 Å². The van der Waals surface area contributed by atoms with E-state index in [0.29, 0.717) is 12.8 Å². The Morgan fingerprint density at radius 1 is 1.24 bits per heavy atom. The summed E-state index contributed by atoms with van der Waals surface area (Å²) in [5.74, 6) is 0. The van der Waals surface area contributed by atoms with Crippen molar-refractivity contribution in [3.05, 3.63) is 31.7 Å². The highest BCUT2D eigenvalue weighted by molar-refractivity contribution is 7.11. The molecule has 0 aliphatic carbocycles. The predicted molar refractivity (Wildman–Crippen MR) is 71.9 cm³/mol. The molecule has 3 nitrogen and oxygen atoms in total. The summed E-state index contributed by atoms with van der Waals surface area (Å²) in [6, 6.07) is 0. The Labute approximate surface area is 109 Å². The van der Waals surface area contributed by atoms with E-state index in [1.807, 2.05) is 19.2 Å². The number of hydrogen-bond donors (Lipinski definition) is 1. The second-order valence-electron chi connectivity index (χ2n) is 4.17. The van der Waals surface area contributed by atoms with Crippen LogP contribution in [-0.2, 0) is 12.8 Å². The lowest BCUT2D eigenvalue weighted by Crippen LogP contribution is -2.14. The highest BCUT2D eigenvalue weighted by atomic mass is 32.1. The van der Waals surface area contributed by atoms with Crippen molar-refractivity contribution in [3.8, 4) is 0 Å². The number of aliphatic hydroxyl groups is 1. The predicted octanol–water partition coefficient (Wildman–Crippen LogP) is 2.67. The van der Waals surface area contributed by atoms with Crippen LogP contribution in [0.3, 0.4) is 0 Å². The number of hydrogen-bond acceptors (Lipinski definition) is 5. The van der Waals surface area contributed by atoms with Crippen molar-refractivity contribution in [2.45, 2.75) is 39.7 Å². The van der Waals surface area contributed by atoms with Gasteiger partial charge in [-0.1, -0.05) is 0 Å². The Balaban J connectivity index is 1.95. The molecule has 92 valence electrons. The lowest BCUT2D eigenvalue weighted by Gasteiger charge is -2.05. The van der Waals surface area contributed by atoms with Crippen LogP contribution < -0.4 is 0 Å². The Morgan fingerprint density at radius 3 is 2.53 bits per heavy atom. The zero-order chi connectivity index (χ0) is 12.4. The van der Waals surface area contributed by atoms with Gasteiger partial charge in [-0.15, -0.1) is 22.7 Å². The van der Waals surface area contributed by atoms with Gasteiger partial charge < -0.3 is 5.11 Å². The first-order chi connectivity index (χ1) is 8.04. The molecule has 2 rings (SSSR count). The number of rotatable bonds is 4. The van der Waals surface area contributed by atoms with Crippen molar-refractivity contribution in [1.82, 2.24) is 9.97 Å². The molecule has 2 heterocycles. The molecule has 0 amide bonds. The van der Waals surface area contributed by atoms with Gasteiger partial charge in [-0.2, -0.15) is 0 Å². The lowest BCUT2D eigenvalue weighted by atomic mass is 10.1. The molecule has 0 aromatic carbocycles. The summed E-state index contributed by atoms with van der Waals surface area (Å²) < 4.78 is 0. The van der Waals surface area contributed by atoms with E-state index < -0.39 is 0 Å². The van der Waals surface area contributed by atoms with Crippen LogP contribution in [-0.4, -0.2) is 21.2 Å². The van der Waals surface area contributed by atoms with Gasteiger partial charge in [-0.3, -0.25) is 0 Å². The third-order valence-corrected chi connectivity index (χ3v) is 4.51. The van der Waals surface area contributed by atoms with Gasteiger partial charge in [-0.25, -0.2) is 9.97 Å². The number of nitrogens with zero attached hydrogens (tertiary/aromatic N) is 2. The van der Waals surface area contributed by atoms with Gasteiger partial charge in [0.2, 0.25) is 0 Å². The highest BCUT2D eigenvalue weighted by Crippen LogP contribution is 2.19. The monoisotopic (exact) mass is 268 g/mol. The van der Waals surface area contributed by atoms with Gasteiger partial charge in [-0.05, 0) is 20.8 Å². The van der Waals surface area contributed by atoms with Crippen LogP contribution in [0.1, 0.15) is 26.3 Å².